The van der Waals surface area contributed by atoms with Crippen molar-refractivity contribution in [1.29, 1.82) is 0 Å². The van der Waals surface area contributed by atoms with Gasteiger partial charge in [0.2, 0.25) is 0 Å². The summed E-state index contributed by atoms with van der Waals surface area (Å²) in [5.74, 6) is -1.96. The third-order valence-corrected chi connectivity index (χ3v) is 6.67. The van der Waals surface area contributed by atoms with Gasteiger partial charge in [-0.25, -0.2) is 12.8 Å². The molecule has 158 valence electrons. The van der Waals surface area contributed by atoms with Crippen LogP contribution in [-0.4, -0.2) is 30.1 Å². The van der Waals surface area contributed by atoms with Crippen molar-refractivity contribution in [2.75, 3.05) is 4.72 Å². The Kier molecular flexibility index (Phi) is 5.06. The van der Waals surface area contributed by atoms with Gasteiger partial charge in [0.25, 0.3) is 21.8 Å². The van der Waals surface area contributed by atoms with E-state index in [-0.39, 0.29) is 28.3 Å². The summed E-state index contributed by atoms with van der Waals surface area (Å²) in [6, 6.07) is 11.4. The lowest BCUT2D eigenvalue weighted by Crippen LogP contribution is -2.30. The van der Waals surface area contributed by atoms with E-state index in [0.29, 0.717) is 5.69 Å². The molecule has 3 aromatic rings. The van der Waals surface area contributed by atoms with Gasteiger partial charge in [0.05, 0.1) is 22.7 Å². The van der Waals surface area contributed by atoms with Gasteiger partial charge in [-0.1, -0.05) is 18.2 Å². The highest BCUT2D eigenvalue weighted by Gasteiger charge is 2.37. The number of halogens is 1. The van der Waals surface area contributed by atoms with Crippen LogP contribution < -0.4 is 4.72 Å². The molecule has 0 spiro atoms. The number of benzene rings is 2. The van der Waals surface area contributed by atoms with E-state index in [1.807, 2.05) is 13.0 Å². The number of carbonyl (C=O) groups excluding carboxylic acids is 2. The molecule has 4 rings (SSSR count). The summed E-state index contributed by atoms with van der Waals surface area (Å²) < 4.78 is 42.7. The molecule has 0 unspecified atom stereocenters. The van der Waals surface area contributed by atoms with Crippen molar-refractivity contribution in [3.63, 3.8) is 0 Å². The molecule has 0 saturated heterocycles. The molecule has 0 radical (unpaired) electrons. The van der Waals surface area contributed by atoms with E-state index >= 15 is 0 Å². The largest absolute Gasteiger partial charge is 0.280 e. The standard InChI is InChI=1S/C22H18FN3O4S/c1-13-5-3-7-18(14(13)2)25-31(29,30)19-11-16(23)9-8-15(19)12-26-21(27)17-6-4-10-24-20(17)22(26)28/h3-11,25H,12H2,1-2H3. The Labute approximate surface area is 178 Å². The van der Waals surface area contributed by atoms with Gasteiger partial charge in [0.1, 0.15) is 11.5 Å². The molecule has 1 aliphatic rings. The van der Waals surface area contributed by atoms with Crippen molar-refractivity contribution in [3.8, 4) is 0 Å². The fourth-order valence-corrected chi connectivity index (χ4v) is 4.76. The number of hydrogen-bond donors (Lipinski definition) is 1. The molecule has 2 heterocycles. The number of nitrogens with one attached hydrogen (secondary N) is 1. The Hall–Kier alpha value is -3.59. The van der Waals surface area contributed by atoms with Gasteiger partial charge in [0.15, 0.2) is 0 Å². The first-order valence-electron chi connectivity index (χ1n) is 9.38. The molecule has 2 aromatic carbocycles. The fourth-order valence-electron chi connectivity index (χ4n) is 3.40. The summed E-state index contributed by atoms with van der Waals surface area (Å²) in [5.41, 5.74) is 2.24. The molecule has 0 aliphatic carbocycles. The molecule has 0 fully saturated rings. The van der Waals surface area contributed by atoms with Gasteiger partial charge in [0, 0.05) is 6.20 Å². The Bertz CT molecular complexity index is 1300. The SMILES string of the molecule is Cc1cccc(NS(=O)(=O)c2cc(F)ccc2CN2C(=O)c3cccnc3C2=O)c1C. The minimum Gasteiger partial charge on any atom is -0.279 e. The minimum atomic E-state index is -4.20. The highest BCUT2D eigenvalue weighted by molar-refractivity contribution is 7.92. The molecule has 9 heteroatoms. The molecule has 1 aromatic heterocycles. The van der Waals surface area contributed by atoms with E-state index in [1.54, 1.807) is 19.1 Å². The molecular weight excluding hydrogens is 421 g/mol. The number of anilines is 1. The summed E-state index contributed by atoms with van der Waals surface area (Å²) in [5, 5.41) is 0. The third-order valence-electron chi connectivity index (χ3n) is 5.23. The first-order chi connectivity index (χ1) is 14.7. The van der Waals surface area contributed by atoms with E-state index < -0.39 is 27.7 Å². The van der Waals surface area contributed by atoms with Crippen LogP contribution in [0.15, 0.2) is 59.6 Å². The van der Waals surface area contributed by atoms with E-state index in [4.69, 9.17) is 0 Å². The molecule has 1 aliphatic heterocycles. The maximum atomic E-state index is 14.0. The second-order valence-corrected chi connectivity index (χ2v) is 8.85. The van der Waals surface area contributed by atoms with Crippen LogP contribution in [0.1, 0.15) is 37.5 Å². The Balaban J connectivity index is 1.71. The number of amides is 2. The number of sulfonamides is 1. The van der Waals surface area contributed by atoms with Crippen molar-refractivity contribution >= 4 is 27.5 Å². The number of fused-ring (bicyclic) bond motifs is 1. The molecule has 7 nitrogen and oxygen atoms in total. The highest BCUT2D eigenvalue weighted by Crippen LogP contribution is 2.28. The number of imide groups is 1. The predicted molar refractivity (Wildman–Crippen MR) is 112 cm³/mol. The first-order valence-corrected chi connectivity index (χ1v) is 10.9. The second kappa shape index (κ2) is 7.59. The maximum absolute atomic E-state index is 14.0. The van der Waals surface area contributed by atoms with Gasteiger partial charge in [-0.05, 0) is 60.9 Å². The van der Waals surface area contributed by atoms with E-state index in [2.05, 4.69) is 9.71 Å². The fraction of sp³-hybridized carbons (Fsp3) is 0.136. The molecule has 2 amide bonds. The van der Waals surface area contributed by atoms with Crippen molar-refractivity contribution in [1.82, 2.24) is 9.88 Å². The minimum absolute atomic E-state index is 0.00697. The highest BCUT2D eigenvalue weighted by atomic mass is 32.2. The number of aryl methyl sites for hydroxylation is 1. The van der Waals surface area contributed by atoms with Crippen LogP contribution in [0.5, 0.6) is 0 Å². The van der Waals surface area contributed by atoms with Crippen LogP contribution in [0.25, 0.3) is 0 Å². The number of aromatic nitrogens is 1. The van der Waals surface area contributed by atoms with Crippen molar-refractivity contribution in [3.05, 3.63) is 88.5 Å². The summed E-state index contributed by atoms with van der Waals surface area (Å²) >= 11 is 0. The third kappa shape index (κ3) is 3.68. The Morgan fingerprint density at radius 1 is 1.03 bits per heavy atom. The van der Waals surface area contributed by atoms with Crippen LogP contribution in [0.2, 0.25) is 0 Å². The van der Waals surface area contributed by atoms with Crippen LogP contribution >= 0.6 is 0 Å². The lowest BCUT2D eigenvalue weighted by atomic mass is 10.1. The van der Waals surface area contributed by atoms with Gasteiger partial charge in [-0.15, -0.1) is 0 Å². The molecule has 1 N–H and O–H groups in total. The molecule has 0 atom stereocenters. The van der Waals surface area contributed by atoms with Gasteiger partial charge >= 0.3 is 0 Å². The normalized spacial score (nSPS) is 13.5. The monoisotopic (exact) mass is 439 g/mol. The summed E-state index contributed by atoms with van der Waals surface area (Å²) in [6.07, 6.45) is 1.40. The zero-order valence-corrected chi connectivity index (χ0v) is 17.5. The molecule has 31 heavy (non-hydrogen) atoms. The first kappa shape index (κ1) is 20.7. The average Bonchev–Trinajstić information content (AvgIpc) is 2.97. The Morgan fingerprint density at radius 2 is 1.81 bits per heavy atom. The van der Waals surface area contributed by atoms with Crippen LogP contribution in [0.4, 0.5) is 10.1 Å². The molecular formula is C22H18FN3O4S. The lowest BCUT2D eigenvalue weighted by Gasteiger charge is -2.18. The number of pyridine rings is 1. The van der Waals surface area contributed by atoms with Crippen LogP contribution in [0.3, 0.4) is 0 Å². The Morgan fingerprint density at radius 3 is 2.55 bits per heavy atom. The number of rotatable bonds is 5. The van der Waals surface area contributed by atoms with Gasteiger partial charge < -0.3 is 0 Å². The second-order valence-electron chi connectivity index (χ2n) is 7.20. The van der Waals surface area contributed by atoms with Crippen LogP contribution in [0, 0.1) is 19.7 Å². The molecule has 0 bridgehead atoms. The van der Waals surface area contributed by atoms with Crippen molar-refractivity contribution in [2.45, 2.75) is 25.3 Å². The number of carbonyl (C=O) groups is 2. The summed E-state index contributed by atoms with van der Waals surface area (Å²) in [7, 11) is -4.20. The van der Waals surface area contributed by atoms with E-state index in [1.165, 1.54) is 24.4 Å². The van der Waals surface area contributed by atoms with E-state index in [0.717, 1.165) is 28.2 Å². The van der Waals surface area contributed by atoms with Crippen LogP contribution in [-0.2, 0) is 16.6 Å². The van der Waals surface area contributed by atoms with Crippen molar-refractivity contribution in [2.24, 2.45) is 0 Å². The van der Waals surface area contributed by atoms with Crippen molar-refractivity contribution < 1.29 is 22.4 Å². The topological polar surface area (TPSA) is 96.4 Å². The van der Waals surface area contributed by atoms with Gasteiger partial charge in [-0.2, -0.15) is 0 Å². The summed E-state index contributed by atoms with van der Waals surface area (Å²) in [4.78, 5) is 29.7. The zero-order chi connectivity index (χ0) is 22.3. The van der Waals surface area contributed by atoms with E-state index in [9.17, 15) is 22.4 Å². The summed E-state index contributed by atoms with van der Waals surface area (Å²) in [6.45, 7) is 3.28. The lowest BCUT2D eigenvalue weighted by molar-refractivity contribution is 0.0639. The zero-order valence-electron chi connectivity index (χ0n) is 16.7. The average molecular weight is 439 g/mol. The van der Waals surface area contributed by atoms with Gasteiger partial charge in [-0.3, -0.25) is 24.2 Å². The quantitative estimate of drug-likeness (QED) is 0.615. The maximum Gasteiger partial charge on any atom is 0.280 e. The number of nitrogens with zero attached hydrogens (tertiary/aromatic N) is 2. The predicted octanol–water partition coefficient (Wildman–Crippen LogP) is 3.43. The molecule has 0 saturated carbocycles. The number of hydrogen-bond acceptors (Lipinski definition) is 5. The smallest absolute Gasteiger partial charge is 0.279 e.